The number of carbonyl (C=O) groups excluding carboxylic acids is 1. The van der Waals surface area contributed by atoms with Crippen LogP contribution < -0.4 is 5.32 Å². The molecular formula is C16H14ClN5O. The molecular weight excluding hydrogens is 314 g/mol. The molecule has 0 aliphatic carbocycles. The lowest BCUT2D eigenvalue weighted by Gasteiger charge is -2.11. The highest BCUT2D eigenvalue weighted by Gasteiger charge is 2.13. The number of aryl methyl sites for hydroxylation is 1. The summed E-state index contributed by atoms with van der Waals surface area (Å²) >= 11 is 5.93. The molecule has 0 aliphatic rings. The fourth-order valence-electron chi connectivity index (χ4n) is 2.20. The molecule has 116 valence electrons. The predicted octanol–water partition coefficient (Wildman–Crippen LogP) is 3.13. The fourth-order valence-corrected chi connectivity index (χ4v) is 2.39. The molecule has 0 aliphatic heterocycles. The zero-order chi connectivity index (χ0) is 16.2. The molecule has 6 nitrogen and oxygen atoms in total. The van der Waals surface area contributed by atoms with Gasteiger partial charge in [0.15, 0.2) is 5.82 Å². The van der Waals surface area contributed by atoms with Gasteiger partial charge in [0.25, 0.3) is 5.91 Å². The Morgan fingerprint density at radius 2 is 2.04 bits per heavy atom. The molecule has 0 saturated carbocycles. The number of para-hydroxylation sites is 2. The van der Waals surface area contributed by atoms with E-state index in [0.29, 0.717) is 28.4 Å². The van der Waals surface area contributed by atoms with Crippen molar-refractivity contribution >= 4 is 23.2 Å². The van der Waals surface area contributed by atoms with E-state index in [-0.39, 0.29) is 5.91 Å². The maximum absolute atomic E-state index is 12.4. The van der Waals surface area contributed by atoms with Gasteiger partial charge >= 0.3 is 0 Å². The summed E-state index contributed by atoms with van der Waals surface area (Å²) in [7, 11) is 0. The Balaban J connectivity index is 1.94. The first-order valence-corrected chi connectivity index (χ1v) is 7.50. The summed E-state index contributed by atoms with van der Waals surface area (Å²) in [6.45, 7) is 1.97. The zero-order valence-electron chi connectivity index (χ0n) is 12.4. The van der Waals surface area contributed by atoms with Gasteiger partial charge in [-0.1, -0.05) is 36.7 Å². The van der Waals surface area contributed by atoms with Gasteiger partial charge in [-0.25, -0.2) is 0 Å². The first-order chi connectivity index (χ1) is 11.2. The van der Waals surface area contributed by atoms with Crippen molar-refractivity contribution in [1.29, 1.82) is 0 Å². The Hall–Kier alpha value is -2.73. The van der Waals surface area contributed by atoms with Crippen LogP contribution in [-0.4, -0.2) is 26.1 Å². The third-order valence-electron chi connectivity index (χ3n) is 3.32. The van der Waals surface area contributed by atoms with E-state index < -0.39 is 0 Å². The van der Waals surface area contributed by atoms with Crippen LogP contribution in [0.4, 0.5) is 5.69 Å². The minimum absolute atomic E-state index is 0.244. The number of tetrazole rings is 1. The average Bonchev–Trinajstić information content (AvgIpc) is 3.04. The van der Waals surface area contributed by atoms with Gasteiger partial charge in [0.1, 0.15) is 0 Å². The number of rotatable bonds is 4. The molecule has 3 aromatic rings. The van der Waals surface area contributed by atoms with Crippen LogP contribution in [0.5, 0.6) is 0 Å². The van der Waals surface area contributed by atoms with E-state index in [9.17, 15) is 4.79 Å². The van der Waals surface area contributed by atoms with Crippen molar-refractivity contribution < 1.29 is 4.79 Å². The highest BCUT2D eigenvalue weighted by Crippen LogP contribution is 2.21. The van der Waals surface area contributed by atoms with Gasteiger partial charge in [0, 0.05) is 17.0 Å². The lowest BCUT2D eigenvalue weighted by Crippen LogP contribution is -2.14. The summed E-state index contributed by atoms with van der Waals surface area (Å²) in [6, 6.07) is 14.1. The summed E-state index contributed by atoms with van der Waals surface area (Å²) in [6.07, 6.45) is 0.684. The lowest BCUT2D eigenvalue weighted by molar-refractivity contribution is 0.102. The van der Waals surface area contributed by atoms with Crippen LogP contribution in [0.1, 0.15) is 23.1 Å². The number of aromatic nitrogens is 4. The number of amides is 1. The molecule has 1 aromatic heterocycles. The second kappa shape index (κ2) is 6.58. The molecule has 0 atom stereocenters. The van der Waals surface area contributed by atoms with Gasteiger partial charge in [-0.2, -0.15) is 4.68 Å². The summed E-state index contributed by atoms with van der Waals surface area (Å²) in [5.74, 6) is 0.473. The Labute approximate surface area is 138 Å². The zero-order valence-corrected chi connectivity index (χ0v) is 13.2. The SMILES string of the molecule is CCc1nnnn1-c1ccccc1NC(=O)c1cccc(Cl)c1. The summed E-state index contributed by atoms with van der Waals surface area (Å²) in [4.78, 5) is 12.4. The van der Waals surface area contributed by atoms with Crippen molar-refractivity contribution in [2.45, 2.75) is 13.3 Å². The van der Waals surface area contributed by atoms with Gasteiger partial charge in [-0.05, 0) is 40.8 Å². The number of nitrogens with one attached hydrogen (secondary N) is 1. The Kier molecular flexibility index (Phi) is 4.34. The van der Waals surface area contributed by atoms with Crippen LogP contribution in [0, 0.1) is 0 Å². The minimum atomic E-state index is -0.244. The molecule has 23 heavy (non-hydrogen) atoms. The Morgan fingerprint density at radius 3 is 2.83 bits per heavy atom. The monoisotopic (exact) mass is 327 g/mol. The van der Waals surface area contributed by atoms with E-state index in [4.69, 9.17) is 11.6 Å². The number of halogens is 1. The second-order valence-corrected chi connectivity index (χ2v) is 5.28. The van der Waals surface area contributed by atoms with Crippen molar-refractivity contribution in [3.05, 3.63) is 64.9 Å². The Bertz CT molecular complexity index is 846. The maximum atomic E-state index is 12.4. The third-order valence-corrected chi connectivity index (χ3v) is 3.55. The van der Waals surface area contributed by atoms with Crippen molar-refractivity contribution in [1.82, 2.24) is 20.2 Å². The summed E-state index contributed by atoms with van der Waals surface area (Å²) in [5, 5.41) is 15.1. The second-order valence-electron chi connectivity index (χ2n) is 4.84. The largest absolute Gasteiger partial charge is 0.320 e. The van der Waals surface area contributed by atoms with Gasteiger partial charge in [-0.3, -0.25) is 4.79 Å². The van der Waals surface area contributed by atoms with Gasteiger partial charge < -0.3 is 5.32 Å². The maximum Gasteiger partial charge on any atom is 0.255 e. The number of hydrogen-bond acceptors (Lipinski definition) is 4. The van der Waals surface area contributed by atoms with Crippen molar-refractivity contribution in [3.8, 4) is 5.69 Å². The van der Waals surface area contributed by atoms with Gasteiger partial charge in [-0.15, -0.1) is 5.10 Å². The number of hydrogen-bond donors (Lipinski definition) is 1. The van der Waals surface area contributed by atoms with Crippen LogP contribution in [0.25, 0.3) is 5.69 Å². The normalized spacial score (nSPS) is 10.5. The van der Waals surface area contributed by atoms with E-state index in [1.165, 1.54) is 0 Å². The minimum Gasteiger partial charge on any atom is -0.320 e. The van der Waals surface area contributed by atoms with E-state index in [1.807, 2.05) is 25.1 Å². The molecule has 1 N–H and O–H groups in total. The molecule has 3 rings (SSSR count). The highest BCUT2D eigenvalue weighted by atomic mass is 35.5. The van der Waals surface area contributed by atoms with Gasteiger partial charge in [0.05, 0.1) is 11.4 Å². The van der Waals surface area contributed by atoms with Crippen LogP contribution in [0.15, 0.2) is 48.5 Å². The number of nitrogens with zero attached hydrogens (tertiary/aromatic N) is 4. The lowest BCUT2D eigenvalue weighted by atomic mass is 10.2. The first-order valence-electron chi connectivity index (χ1n) is 7.12. The van der Waals surface area contributed by atoms with Crippen LogP contribution in [0.3, 0.4) is 0 Å². The topological polar surface area (TPSA) is 72.7 Å². The van der Waals surface area contributed by atoms with Crippen molar-refractivity contribution in [2.24, 2.45) is 0 Å². The molecule has 0 fully saturated rings. The summed E-state index contributed by atoms with van der Waals surface area (Å²) in [5.41, 5.74) is 1.82. The molecule has 0 bridgehead atoms. The van der Waals surface area contributed by atoms with Crippen molar-refractivity contribution in [3.63, 3.8) is 0 Å². The molecule has 7 heteroatoms. The van der Waals surface area contributed by atoms with Crippen LogP contribution in [0.2, 0.25) is 5.02 Å². The van der Waals surface area contributed by atoms with E-state index in [1.54, 1.807) is 35.0 Å². The van der Waals surface area contributed by atoms with Crippen molar-refractivity contribution in [2.75, 3.05) is 5.32 Å². The van der Waals surface area contributed by atoms with E-state index >= 15 is 0 Å². The van der Waals surface area contributed by atoms with E-state index in [2.05, 4.69) is 20.8 Å². The first kappa shape index (κ1) is 15.2. The number of carbonyl (C=O) groups is 1. The molecule has 0 unspecified atom stereocenters. The Morgan fingerprint density at radius 1 is 1.22 bits per heavy atom. The van der Waals surface area contributed by atoms with Crippen LogP contribution >= 0.6 is 11.6 Å². The molecule has 2 aromatic carbocycles. The molecule has 1 heterocycles. The summed E-state index contributed by atoms with van der Waals surface area (Å²) < 4.78 is 1.62. The average molecular weight is 328 g/mol. The number of anilines is 1. The quantitative estimate of drug-likeness (QED) is 0.799. The highest BCUT2D eigenvalue weighted by molar-refractivity contribution is 6.31. The fraction of sp³-hybridized carbons (Fsp3) is 0.125. The smallest absolute Gasteiger partial charge is 0.255 e. The number of benzene rings is 2. The van der Waals surface area contributed by atoms with E-state index in [0.717, 1.165) is 5.82 Å². The third kappa shape index (κ3) is 3.22. The molecule has 0 radical (unpaired) electrons. The molecule has 0 saturated heterocycles. The molecule has 1 amide bonds. The predicted molar refractivity (Wildman–Crippen MR) is 87.9 cm³/mol. The molecule has 0 spiro atoms. The van der Waals surface area contributed by atoms with Crippen LogP contribution in [-0.2, 0) is 6.42 Å². The van der Waals surface area contributed by atoms with Gasteiger partial charge in [0.2, 0.25) is 0 Å². The standard InChI is InChI=1S/C16H14ClN5O/c1-2-15-19-20-21-22(15)14-9-4-3-8-13(14)18-16(23)11-6-5-7-12(17)10-11/h3-10H,2H2,1H3,(H,18,23).